The highest BCUT2D eigenvalue weighted by Crippen LogP contribution is 2.27. The standard InChI is InChI=1S/C15H28N2O2/c1-4-9-17(10-11-18)12-15(19)16(3)14-8-6-5-7-13(14)2/h4,13-14,18H,1,5-12H2,2-3H3. The maximum absolute atomic E-state index is 12.3. The third-order valence-corrected chi connectivity index (χ3v) is 4.12. The van der Waals surface area contributed by atoms with Crippen molar-refractivity contribution in [1.82, 2.24) is 9.80 Å². The number of carbonyl (C=O) groups is 1. The molecule has 0 aromatic heterocycles. The molecule has 110 valence electrons. The molecule has 4 heteroatoms. The quantitative estimate of drug-likeness (QED) is 0.712. The second-order valence-corrected chi connectivity index (χ2v) is 5.58. The van der Waals surface area contributed by atoms with E-state index < -0.39 is 0 Å². The molecule has 1 N–H and O–H groups in total. The average Bonchev–Trinajstić information content (AvgIpc) is 2.39. The van der Waals surface area contributed by atoms with Gasteiger partial charge in [0.05, 0.1) is 13.2 Å². The van der Waals surface area contributed by atoms with Crippen molar-refractivity contribution in [2.45, 2.75) is 38.6 Å². The summed E-state index contributed by atoms with van der Waals surface area (Å²) in [6, 6.07) is 0.376. The highest BCUT2D eigenvalue weighted by molar-refractivity contribution is 5.78. The zero-order chi connectivity index (χ0) is 14.3. The Morgan fingerprint density at radius 2 is 2.11 bits per heavy atom. The normalized spacial score (nSPS) is 23.4. The van der Waals surface area contributed by atoms with Gasteiger partial charge in [-0.05, 0) is 18.8 Å². The summed E-state index contributed by atoms with van der Waals surface area (Å²) in [5.41, 5.74) is 0. The van der Waals surface area contributed by atoms with E-state index in [0.29, 0.717) is 31.6 Å². The maximum atomic E-state index is 12.3. The summed E-state index contributed by atoms with van der Waals surface area (Å²) in [6.45, 7) is 7.53. The van der Waals surface area contributed by atoms with Gasteiger partial charge in [0.2, 0.25) is 5.91 Å². The zero-order valence-electron chi connectivity index (χ0n) is 12.3. The van der Waals surface area contributed by atoms with Gasteiger partial charge in [0, 0.05) is 26.2 Å². The minimum atomic E-state index is 0.0741. The predicted octanol–water partition coefficient (Wildman–Crippen LogP) is 1.50. The van der Waals surface area contributed by atoms with Crippen molar-refractivity contribution in [2.75, 3.05) is 33.3 Å². The topological polar surface area (TPSA) is 43.8 Å². The zero-order valence-corrected chi connectivity index (χ0v) is 12.3. The lowest BCUT2D eigenvalue weighted by Gasteiger charge is -2.37. The molecule has 1 saturated carbocycles. The molecule has 0 heterocycles. The maximum Gasteiger partial charge on any atom is 0.236 e. The van der Waals surface area contributed by atoms with E-state index in [4.69, 9.17) is 5.11 Å². The fourth-order valence-corrected chi connectivity index (χ4v) is 2.92. The lowest BCUT2D eigenvalue weighted by atomic mass is 9.85. The molecule has 0 aromatic rings. The summed E-state index contributed by atoms with van der Waals surface area (Å²) in [4.78, 5) is 16.2. The van der Waals surface area contributed by atoms with Gasteiger partial charge in [-0.15, -0.1) is 6.58 Å². The van der Waals surface area contributed by atoms with Gasteiger partial charge in [-0.1, -0.05) is 25.8 Å². The summed E-state index contributed by atoms with van der Waals surface area (Å²) in [6.07, 6.45) is 6.61. The molecule has 4 nitrogen and oxygen atoms in total. The fraction of sp³-hybridized carbons (Fsp3) is 0.800. The molecule has 2 unspecified atom stereocenters. The molecule has 0 bridgehead atoms. The van der Waals surface area contributed by atoms with Gasteiger partial charge >= 0.3 is 0 Å². The summed E-state index contributed by atoms with van der Waals surface area (Å²) in [5, 5.41) is 9.00. The van der Waals surface area contributed by atoms with Gasteiger partial charge in [0.25, 0.3) is 0 Å². The third-order valence-electron chi connectivity index (χ3n) is 4.12. The first-order valence-electron chi connectivity index (χ1n) is 7.30. The molecular formula is C15H28N2O2. The van der Waals surface area contributed by atoms with Crippen LogP contribution < -0.4 is 0 Å². The Morgan fingerprint density at radius 3 is 2.68 bits per heavy atom. The summed E-state index contributed by atoms with van der Waals surface area (Å²) in [7, 11) is 1.92. The number of carbonyl (C=O) groups excluding carboxylic acids is 1. The van der Waals surface area contributed by atoms with Crippen LogP contribution in [-0.4, -0.2) is 60.1 Å². The monoisotopic (exact) mass is 268 g/mol. The van der Waals surface area contributed by atoms with Crippen LogP contribution in [0.3, 0.4) is 0 Å². The van der Waals surface area contributed by atoms with Crippen molar-refractivity contribution in [3.8, 4) is 0 Å². The van der Waals surface area contributed by atoms with Crippen LogP contribution in [0.5, 0.6) is 0 Å². The Kier molecular flexibility index (Phi) is 7.10. The largest absolute Gasteiger partial charge is 0.395 e. The molecule has 0 radical (unpaired) electrons. The highest BCUT2D eigenvalue weighted by Gasteiger charge is 2.28. The van der Waals surface area contributed by atoms with E-state index in [-0.39, 0.29) is 12.5 Å². The SMILES string of the molecule is C=CCN(CCO)CC(=O)N(C)C1CCCCC1C. The lowest BCUT2D eigenvalue weighted by molar-refractivity contribution is -0.134. The van der Waals surface area contributed by atoms with E-state index in [1.54, 1.807) is 6.08 Å². The van der Waals surface area contributed by atoms with Crippen LogP contribution in [0.2, 0.25) is 0 Å². The summed E-state index contributed by atoms with van der Waals surface area (Å²) >= 11 is 0. The predicted molar refractivity (Wildman–Crippen MR) is 77.9 cm³/mol. The number of rotatable bonds is 7. The van der Waals surface area contributed by atoms with Crippen molar-refractivity contribution < 1.29 is 9.90 Å². The number of hydrogen-bond acceptors (Lipinski definition) is 3. The minimum absolute atomic E-state index is 0.0741. The minimum Gasteiger partial charge on any atom is -0.395 e. The molecule has 2 atom stereocenters. The second kappa shape index (κ2) is 8.33. The highest BCUT2D eigenvalue weighted by atomic mass is 16.3. The molecule has 0 saturated heterocycles. The van der Waals surface area contributed by atoms with Crippen LogP contribution >= 0.6 is 0 Å². The van der Waals surface area contributed by atoms with Crippen molar-refractivity contribution >= 4 is 5.91 Å². The number of aliphatic hydroxyl groups is 1. The Hall–Kier alpha value is -0.870. The van der Waals surface area contributed by atoms with Crippen LogP contribution in [0.15, 0.2) is 12.7 Å². The van der Waals surface area contributed by atoms with E-state index in [0.717, 1.165) is 6.42 Å². The van der Waals surface area contributed by atoms with E-state index in [2.05, 4.69) is 13.5 Å². The third kappa shape index (κ3) is 4.96. The van der Waals surface area contributed by atoms with Crippen LogP contribution in [0.25, 0.3) is 0 Å². The van der Waals surface area contributed by atoms with E-state index in [1.165, 1.54) is 19.3 Å². The number of aliphatic hydroxyl groups excluding tert-OH is 1. The average molecular weight is 268 g/mol. The number of hydrogen-bond donors (Lipinski definition) is 1. The molecule has 19 heavy (non-hydrogen) atoms. The molecule has 1 aliphatic rings. The fourth-order valence-electron chi connectivity index (χ4n) is 2.92. The van der Waals surface area contributed by atoms with Crippen LogP contribution in [-0.2, 0) is 4.79 Å². The first-order valence-corrected chi connectivity index (χ1v) is 7.30. The molecule has 1 fully saturated rings. The van der Waals surface area contributed by atoms with Crippen molar-refractivity contribution in [3.05, 3.63) is 12.7 Å². The summed E-state index contributed by atoms with van der Waals surface area (Å²) < 4.78 is 0. The molecular weight excluding hydrogens is 240 g/mol. The Balaban J connectivity index is 2.52. The van der Waals surface area contributed by atoms with Crippen molar-refractivity contribution in [1.29, 1.82) is 0 Å². The molecule has 0 aliphatic heterocycles. The Morgan fingerprint density at radius 1 is 1.42 bits per heavy atom. The van der Waals surface area contributed by atoms with Crippen LogP contribution in [0, 0.1) is 5.92 Å². The molecule has 0 spiro atoms. The lowest BCUT2D eigenvalue weighted by Crippen LogP contribution is -2.47. The van der Waals surface area contributed by atoms with Gasteiger partial charge in [-0.3, -0.25) is 9.69 Å². The smallest absolute Gasteiger partial charge is 0.236 e. The van der Waals surface area contributed by atoms with E-state index in [9.17, 15) is 4.79 Å². The van der Waals surface area contributed by atoms with Gasteiger partial charge in [-0.25, -0.2) is 0 Å². The number of amides is 1. The van der Waals surface area contributed by atoms with Gasteiger partial charge < -0.3 is 10.0 Å². The Labute approximate surface area is 117 Å². The van der Waals surface area contributed by atoms with Gasteiger partial charge in [0.1, 0.15) is 0 Å². The second-order valence-electron chi connectivity index (χ2n) is 5.58. The first kappa shape index (κ1) is 16.2. The molecule has 0 aromatic carbocycles. The number of likely N-dealkylation sites (N-methyl/N-ethyl adjacent to an activating group) is 1. The van der Waals surface area contributed by atoms with Crippen molar-refractivity contribution in [2.24, 2.45) is 5.92 Å². The van der Waals surface area contributed by atoms with Gasteiger partial charge in [-0.2, -0.15) is 0 Å². The summed E-state index contributed by atoms with van der Waals surface area (Å²) in [5.74, 6) is 0.738. The van der Waals surface area contributed by atoms with Crippen molar-refractivity contribution in [3.63, 3.8) is 0 Å². The van der Waals surface area contributed by atoms with Gasteiger partial charge in [0.15, 0.2) is 0 Å². The molecule has 1 amide bonds. The van der Waals surface area contributed by atoms with E-state index >= 15 is 0 Å². The number of nitrogens with zero attached hydrogens (tertiary/aromatic N) is 2. The molecule has 1 aliphatic carbocycles. The first-order chi connectivity index (χ1) is 9.10. The van der Waals surface area contributed by atoms with Crippen LogP contribution in [0.1, 0.15) is 32.6 Å². The van der Waals surface area contributed by atoms with Crippen LogP contribution in [0.4, 0.5) is 0 Å². The molecule has 1 rings (SSSR count). The Bertz CT molecular complexity index is 294. The van der Waals surface area contributed by atoms with E-state index in [1.807, 2.05) is 16.8 Å².